The Bertz CT molecular complexity index is 1130. The fraction of sp³-hybridized carbons (Fsp3) is 0.852. The summed E-state index contributed by atoms with van der Waals surface area (Å²) >= 11 is 0. The number of ether oxygens (including phenoxy) is 3. The molecule has 0 spiro atoms. The van der Waals surface area contributed by atoms with E-state index in [9.17, 15) is 14.4 Å². The number of unbranched alkanes of at least 4 members (excludes halogenated alkanes) is 37. The summed E-state index contributed by atoms with van der Waals surface area (Å²) in [6.45, 7) is 6.62. The molecule has 0 amide bonds. The largest absolute Gasteiger partial charge is 0.462 e. The van der Waals surface area contributed by atoms with Crippen LogP contribution in [0, 0.1) is 0 Å². The highest BCUT2D eigenvalue weighted by Crippen LogP contribution is 2.17. The van der Waals surface area contributed by atoms with E-state index < -0.39 is 6.10 Å². The summed E-state index contributed by atoms with van der Waals surface area (Å²) in [5.74, 6) is -0.945. The molecule has 6 heteroatoms. The minimum absolute atomic E-state index is 0.0871. The highest BCUT2D eigenvalue weighted by atomic mass is 16.6. The highest BCUT2D eigenvalue weighted by Gasteiger charge is 2.19. The number of esters is 3. The van der Waals surface area contributed by atoms with Crippen molar-refractivity contribution in [2.75, 3.05) is 13.2 Å². The van der Waals surface area contributed by atoms with Gasteiger partial charge in [-0.1, -0.05) is 269 Å². The van der Waals surface area contributed by atoms with Gasteiger partial charge >= 0.3 is 17.9 Å². The molecule has 0 bridgehead atoms. The van der Waals surface area contributed by atoms with Crippen LogP contribution >= 0.6 is 0 Å². The summed E-state index contributed by atoms with van der Waals surface area (Å²) in [7, 11) is 0. The van der Waals surface area contributed by atoms with Crippen LogP contribution < -0.4 is 0 Å². The number of rotatable bonds is 54. The monoisotopic (exact) mass is 941 g/mol. The first-order chi connectivity index (χ1) is 33.0. The second-order valence-electron chi connectivity index (χ2n) is 19.9. The SMILES string of the molecule is CCCCCCCC/C=C/C/C=C/CCC(=O)OCC(COC(=O)CCCCCCCCCCCCCCCCCCCCC)OC(=O)CCCCCCCCC/C=C/CCCCCCCC. The zero-order valence-corrected chi connectivity index (χ0v) is 44.9. The molecule has 0 saturated carbocycles. The molecule has 392 valence electrons. The lowest BCUT2D eigenvalue weighted by atomic mass is 10.0. The number of carbonyl (C=O) groups excluding carboxylic acids is 3. The van der Waals surface area contributed by atoms with E-state index in [4.69, 9.17) is 14.2 Å². The molecule has 0 N–H and O–H groups in total. The van der Waals surface area contributed by atoms with E-state index in [-0.39, 0.29) is 37.5 Å². The lowest BCUT2D eigenvalue weighted by molar-refractivity contribution is -0.166. The topological polar surface area (TPSA) is 78.9 Å². The van der Waals surface area contributed by atoms with Gasteiger partial charge in [0.1, 0.15) is 13.2 Å². The number of hydrogen-bond donors (Lipinski definition) is 0. The molecule has 0 heterocycles. The van der Waals surface area contributed by atoms with Crippen molar-refractivity contribution in [1.29, 1.82) is 0 Å². The molecule has 0 aliphatic carbocycles. The lowest BCUT2D eigenvalue weighted by Gasteiger charge is -2.18. The van der Waals surface area contributed by atoms with Gasteiger partial charge in [0.25, 0.3) is 0 Å². The van der Waals surface area contributed by atoms with E-state index in [2.05, 4.69) is 51.2 Å². The Morgan fingerprint density at radius 3 is 0.925 bits per heavy atom. The molecule has 0 aromatic rings. The summed E-state index contributed by atoms with van der Waals surface area (Å²) in [6.07, 6.45) is 67.2. The first kappa shape index (κ1) is 64.6. The lowest BCUT2D eigenvalue weighted by Crippen LogP contribution is -2.30. The van der Waals surface area contributed by atoms with Crippen LogP contribution in [0.3, 0.4) is 0 Å². The predicted octanol–water partition coefficient (Wildman–Crippen LogP) is 19.7. The Hall–Kier alpha value is -2.37. The van der Waals surface area contributed by atoms with E-state index in [1.54, 1.807) is 0 Å². The molecule has 6 nitrogen and oxygen atoms in total. The molecule has 0 aliphatic rings. The van der Waals surface area contributed by atoms with E-state index in [0.717, 1.165) is 51.4 Å². The molecule has 1 atom stereocenters. The van der Waals surface area contributed by atoms with Gasteiger partial charge in [0.05, 0.1) is 0 Å². The van der Waals surface area contributed by atoms with Crippen molar-refractivity contribution in [3.8, 4) is 0 Å². The molecule has 0 aromatic carbocycles. The second kappa shape index (κ2) is 56.2. The van der Waals surface area contributed by atoms with Crippen LogP contribution in [0.1, 0.15) is 316 Å². The Labute approximate surface area is 416 Å². The highest BCUT2D eigenvalue weighted by molar-refractivity contribution is 5.71. The van der Waals surface area contributed by atoms with Crippen molar-refractivity contribution >= 4 is 17.9 Å². The number of hydrogen-bond acceptors (Lipinski definition) is 6. The van der Waals surface area contributed by atoms with Gasteiger partial charge in [-0.3, -0.25) is 14.4 Å². The normalized spacial score (nSPS) is 12.2. The quantitative estimate of drug-likeness (QED) is 0.0262. The first-order valence-corrected chi connectivity index (χ1v) is 29.5. The van der Waals surface area contributed by atoms with Crippen molar-refractivity contribution in [3.63, 3.8) is 0 Å². The van der Waals surface area contributed by atoms with E-state index in [0.29, 0.717) is 19.3 Å². The minimum Gasteiger partial charge on any atom is -0.462 e. The van der Waals surface area contributed by atoms with Gasteiger partial charge in [0.2, 0.25) is 0 Å². The second-order valence-corrected chi connectivity index (χ2v) is 19.9. The van der Waals surface area contributed by atoms with Crippen LogP contribution in [0.15, 0.2) is 36.5 Å². The van der Waals surface area contributed by atoms with Crippen LogP contribution in [-0.2, 0) is 28.6 Å². The molecular weight excluding hydrogens is 829 g/mol. The van der Waals surface area contributed by atoms with Crippen LogP contribution in [-0.4, -0.2) is 37.2 Å². The van der Waals surface area contributed by atoms with Crippen LogP contribution in [0.25, 0.3) is 0 Å². The van der Waals surface area contributed by atoms with Gasteiger partial charge in [-0.2, -0.15) is 0 Å². The van der Waals surface area contributed by atoms with Crippen molar-refractivity contribution in [2.45, 2.75) is 322 Å². The molecule has 0 fully saturated rings. The summed E-state index contributed by atoms with van der Waals surface area (Å²) in [6, 6.07) is 0. The van der Waals surface area contributed by atoms with Gasteiger partial charge < -0.3 is 14.2 Å². The summed E-state index contributed by atoms with van der Waals surface area (Å²) in [5, 5.41) is 0. The summed E-state index contributed by atoms with van der Waals surface area (Å²) in [4.78, 5) is 38.1. The molecule has 0 radical (unpaired) electrons. The van der Waals surface area contributed by atoms with E-state index >= 15 is 0 Å². The maximum Gasteiger partial charge on any atom is 0.306 e. The molecule has 0 aliphatic heterocycles. The van der Waals surface area contributed by atoms with Gasteiger partial charge in [0.15, 0.2) is 6.10 Å². The van der Waals surface area contributed by atoms with Crippen molar-refractivity contribution in [1.82, 2.24) is 0 Å². The average Bonchev–Trinajstić information content (AvgIpc) is 3.33. The maximum absolute atomic E-state index is 12.8. The molecule has 67 heavy (non-hydrogen) atoms. The van der Waals surface area contributed by atoms with Gasteiger partial charge in [-0.05, 0) is 64.2 Å². The number of allylic oxidation sites excluding steroid dienone is 6. The Kier molecular flexibility index (Phi) is 54.2. The van der Waals surface area contributed by atoms with E-state index in [1.165, 1.54) is 218 Å². The fourth-order valence-corrected chi connectivity index (χ4v) is 8.67. The fourth-order valence-electron chi connectivity index (χ4n) is 8.67. The molecular formula is C61H112O6. The smallest absolute Gasteiger partial charge is 0.306 e. The van der Waals surface area contributed by atoms with Crippen molar-refractivity contribution < 1.29 is 28.6 Å². The van der Waals surface area contributed by atoms with Gasteiger partial charge in [-0.15, -0.1) is 0 Å². The molecule has 0 aromatic heterocycles. The van der Waals surface area contributed by atoms with Gasteiger partial charge in [0, 0.05) is 19.3 Å². The molecule has 0 saturated heterocycles. The van der Waals surface area contributed by atoms with E-state index in [1.807, 2.05) is 6.08 Å². The minimum atomic E-state index is -0.794. The third-order valence-electron chi connectivity index (χ3n) is 13.1. The van der Waals surface area contributed by atoms with Crippen LogP contribution in [0.2, 0.25) is 0 Å². The standard InChI is InChI=1S/C61H112O6/c1-4-7-10-13-16-19-22-25-27-29-30-32-33-36-39-42-45-48-51-54-60(63)66-57-58(56-65-59(62)53-50-47-44-41-38-35-24-21-18-15-12-9-6-3)67-61(64)55-52-49-46-43-40-37-34-31-28-26-23-20-17-14-11-8-5-2/h26,28,35,38,44,47,58H,4-25,27,29-34,36-37,39-43,45-46,48-57H2,1-3H3/b28-26+,38-35+,47-44+. The zero-order chi connectivity index (χ0) is 48.6. The summed E-state index contributed by atoms with van der Waals surface area (Å²) in [5.41, 5.74) is 0. The Morgan fingerprint density at radius 2 is 0.567 bits per heavy atom. The van der Waals surface area contributed by atoms with Gasteiger partial charge in [-0.25, -0.2) is 0 Å². The number of carbonyl (C=O) groups is 3. The molecule has 0 rings (SSSR count). The zero-order valence-electron chi connectivity index (χ0n) is 44.9. The first-order valence-electron chi connectivity index (χ1n) is 29.5. The Morgan fingerprint density at radius 1 is 0.299 bits per heavy atom. The van der Waals surface area contributed by atoms with Crippen LogP contribution in [0.4, 0.5) is 0 Å². The average molecular weight is 942 g/mol. The predicted molar refractivity (Wildman–Crippen MR) is 289 cm³/mol. The van der Waals surface area contributed by atoms with Crippen molar-refractivity contribution in [2.24, 2.45) is 0 Å². The molecule has 1 unspecified atom stereocenters. The Balaban J connectivity index is 4.36. The third-order valence-corrected chi connectivity index (χ3v) is 13.1. The van der Waals surface area contributed by atoms with Crippen molar-refractivity contribution in [3.05, 3.63) is 36.5 Å². The maximum atomic E-state index is 12.8. The van der Waals surface area contributed by atoms with Crippen LogP contribution in [0.5, 0.6) is 0 Å². The third kappa shape index (κ3) is 54.4. The summed E-state index contributed by atoms with van der Waals surface area (Å²) < 4.78 is 16.8.